The highest BCUT2D eigenvalue weighted by Crippen LogP contribution is 2.10. The van der Waals surface area contributed by atoms with Crippen LogP contribution >= 0.6 is 12.2 Å². The Bertz CT molecular complexity index is 403. The highest BCUT2D eigenvalue weighted by molar-refractivity contribution is 7.71. The van der Waals surface area contributed by atoms with Crippen molar-refractivity contribution in [3.63, 3.8) is 0 Å². The number of carbonyl (C=O) groups is 1. The fourth-order valence-electron chi connectivity index (χ4n) is 0.981. The van der Waals surface area contributed by atoms with E-state index < -0.39 is 5.91 Å². The van der Waals surface area contributed by atoms with Crippen molar-refractivity contribution in [2.24, 2.45) is 5.73 Å². The summed E-state index contributed by atoms with van der Waals surface area (Å²) in [6.07, 6.45) is 1.63. The van der Waals surface area contributed by atoms with Gasteiger partial charge in [0.1, 0.15) is 11.5 Å². The van der Waals surface area contributed by atoms with Crippen molar-refractivity contribution in [1.29, 1.82) is 0 Å². The molecule has 5 N–H and O–H groups in total. The molecule has 6 heteroatoms. The molecule has 0 atom stereocenters. The van der Waals surface area contributed by atoms with Gasteiger partial charge in [-0.05, 0) is 12.2 Å². The molecule has 0 bridgehead atoms. The number of nitrogens with zero attached hydrogens (tertiary/aromatic N) is 1. The molecule has 0 radical (unpaired) electrons. The number of nitrogens with one attached hydrogen (secondary N) is 1. The Morgan fingerprint density at radius 2 is 2.38 bits per heavy atom. The summed E-state index contributed by atoms with van der Waals surface area (Å²) in [6.45, 7) is 3.99. The van der Waals surface area contributed by atoms with Crippen LogP contribution in [0.2, 0.25) is 0 Å². The molecular formula is C7H10N4OS. The zero-order valence-corrected chi connectivity index (χ0v) is 7.73. The number of allylic oxidation sites excluding steroid dienone is 1. The van der Waals surface area contributed by atoms with Gasteiger partial charge in [-0.1, -0.05) is 6.08 Å². The molecule has 1 rings (SSSR count). The number of H-pyrrole nitrogens is 1. The van der Waals surface area contributed by atoms with E-state index in [1.165, 1.54) is 0 Å². The van der Waals surface area contributed by atoms with E-state index in [4.69, 9.17) is 23.7 Å². The summed E-state index contributed by atoms with van der Waals surface area (Å²) in [7, 11) is 0. The van der Waals surface area contributed by atoms with E-state index in [9.17, 15) is 4.79 Å². The minimum Gasteiger partial charge on any atom is -0.383 e. The molecule has 1 heterocycles. The van der Waals surface area contributed by atoms with Crippen LogP contribution in [0, 0.1) is 4.77 Å². The number of amides is 1. The second kappa shape index (κ2) is 3.44. The maximum atomic E-state index is 10.8. The van der Waals surface area contributed by atoms with Gasteiger partial charge in [0.2, 0.25) is 0 Å². The third-order valence-electron chi connectivity index (χ3n) is 1.58. The van der Waals surface area contributed by atoms with E-state index >= 15 is 0 Å². The highest BCUT2D eigenvalue weighted by Gasteiger charge is 2.11. The molecule has 70 valence electrons. The van der Waals surface area contributed by atoms with E-state index in [-0.39, 0.29) is 11.5 Å². The second-order valence-corrected chi connectivity index (χ2v) is 2.84. The summed E-state index contributed by atoms with van der Waals surface area (Å²) >= 11 is 4.92. The quantitative estimate of drug-likeness (QED) is 0.485. The number of nitrogens with two attached hydrogens (primary N) is 2. The number of hydrogen-bond acceptors (Lipinski definition) is 3. The smallest absolute Gasteiger partial charge is 0.268 e. The molecule has 0 aliphatic rings. The number of hydrogen-bond donors (Lipinski definition) is 3. The van der Waals surface area contributed by atoms with Crippen molar-refractivity contribution in [2.45, 2.75) is 6.54 Å². The van der Waals surface area contributed by atoms with E-state index in [1.807, 2.05) is 0 Å². The zero-order valence-electron chi connectivity index (χ0n) is 6.91. The Hall–Kier alpha value is -1.56. The maximum absolute atomic E-state index is 10.8. The number of imidazole rings is 1. The van der Waals surface area contributed by atoms with Gasteiger partial charge in [-0.15, -0.1) is 6.58 Å². The maximum Gasteiger partial charge on any atom is 0.268 e. The van der Waals surface area contributed by atoms with Gasteiger partial charge in [-0.3, -0.25) is 9.36 Å². The first-order valence-electron chi connectivity index (χ1n) is 3.57. The van der Waals surface area contributed by atoms with Crippen molar-refractivity contribution in [1.82, 2.24) is 9.55 Å². The van der Waals surface area contributed by atoms with Gasteiger partial charge in [0, 0.05) is 6.54 Å². The second-order valence-electron chi connectivity index (χ2n) is 2.45. The molecule has 0 fully saturated rings. The molecular weight excluding hydrogens is 188 g/mol. The van der Waals surface area contributed by atoms with Crippen molar-refractivity contribution in [3.05, 3.63) is 23.1 Å². The Kier molecular flexibility index (Phi) is 2.52. The fraction of sp³-hybridized carbons (Fsp3) is 0.143. The summed E-state index contributed by atoms with van der Waals surface area (Å²) in [5.41, 5.74) is 10.8. The van der Waals surface area contributed by atoms with Crippen LogP contribution in [0.15, 0.2) is 12.7 Å². The lowest BCUT2D eigenvalue weighted by atomic mass is 10.4. The van der Waals surface area contributed by atoms with Crippen LogP contribution in [0.25, 0.3) is 0 Å². The van der Waals surface area contributed by atoms with Gasteiger partial charge in [-0.2, -0.15) is 0 Å². The van der Waals surface area contributed by atoms with Crippen molar-refractivity contribution in [2.75, 3.05) is 5.73 Å². The molecule has 13 heavy (non-hydrogen) atoms. The molecule has 0 saturated heterocycles. The van der Waals surface area contributed by atoms with Crippen molar-refractivity contribution < 1.29 is 4.79 Å². The lowest BCUT2D eigenvalue weighted by Crippen LogP contribution is -2.14. The van der Waals surface area contributed by atoms with Crippen LogP contribution in [0.4, 0.5) is 5.82 Å². The zero-order chi connectivity index (χ0) is 10.0. The lowest BCUT2D eigenvalue weighted by Gasteiger charge is -1.99. The summed E-state index contributed by atoms with van der Waals surface area (Å²) < 4.78 is 1.91. The fourth-order valence-corrected chi connectivity index (χ4v) is 1.26. The first kappa shape index (κ1) is 9.53. The number of anilines is 1. The Balaban J connectivity index is 3.30. The number of primary amides is 1. The number of aromatic amines is 1. The van der Waals surface area contributed by atoms with Crippen LogP contribution in [0.1, 0.15) is 10.5 Å². The molecule has 1 amide bonds. The number of rotatable bonds is 3. The predicted molar refractivity (Wildman–Crippen MR) is 52.7 cm³/mol. The minimum absolute atomic E-state index is 0.145. The molecule has 1 aromatic heterocycles. The predicted octanol–water partition coefficient (Wildman–Crippen LogP) is 0.413. The van der Waals surface area contributed by atoms with Gasteiger partial charge in [0.05, 0.1) is 0 Å². The molecule has 0 spiro atoms. The van der Waals surface area contributed by atoms with Crippen molar-refractivity contribution >= 4 is 23.9 Å². The van der Waals surface area contributed by atoms with Crippen LogP contribution in [0.5, 0.6) is 0 Å². The first-order valence-corrected chi connectivity index (χ1v) is 3.97. The SMILES string of the molecule is C=CCn1c(N)c(C(N)=O)[nH]c1=S. The van der Waals surface area contributed by atoms with E-state index in [1.54, 1.807) is 10.6 Å². The summed E-state index contributed by atoms with van der Waals surface area (Å²) in [6, 6.07) is 0. The molecule has 0 aliphatic heterocycles. The normalized spacial score (nSPS) is 9.85. The largest absolute Gasteiger partial charge is 0.383 e. The monoisotopic (exact) mass is 198 g/mol. The molecule has 1 aromatic rings. The van der Waals surface area contributed by atoms with Crippen LogP contribution in [-0.4, -0.2) is 15.5 Å². The summed E-state index contributed by atoms with van der Waals surface area (Å²) in [5.74, 6) is -0.371. The average Bonchev–Trinajstić information content (AvgIpc) is 2.32. The van der Waals surface area contributed by atoms with Gasteiger partial charge < -0.3 is 16.5 Å². The highest BCUT2D eigenvalue weighted by atomic mass is 32.1. The Morgan fingerprint density at radius 1 is 1.77 bits per heavy atom. The van der Waals surface area contributed by atoms with Crippen LogP contribution in [-0.2, 0) is 6.54 Å². The molecule has 5 nitrogen and oxygen atoms in total. The molecule has 0 saturated carbocycles. The van der Waals surface area contributed by atoms with Gasteiger partial charge in [0.25, 0.3) is 5.91 Å². The van der Waals surface area contributed by atoms with Crippen molar-refractivity contribution in [3.8, 4) is 0 Å². The van der Waals surface area contributed by atoms with Gasteiger partial charge >= 0.3 is 0 Å². The molecule has 0 aromatic carbocycles. The van der Waals surface area contributed by atoms with E-state index in [2.05, 4.69) is 11.6 Å². The topological polar surface area (TPSA) is 89.8 Å². The number of carbonyl (C=O) groups excluding carboxylic acids is 1. The Labute approximate surface area is 80.0 Å². The third-order valence-corrected chi connectivity index (χ3v) is 1.90. The minimum atomic E-state index is -0.619. The summed E-state index contributed by atoms with van der Waals surface area (Å²) in [4.78, 5) is 13.4. The first-order chi connectivity index (χ1) is 6.07. The number of nitrogen functional groups attached to an aromatic ring is 1. The third kappa shape index (κ3) is 1.62. The van der Waals surface area contributed by atoms with Gasteiger partial charge in [0.15, 0.2) is 4.77 Å². The van der Waals surface area contributed by atoms with Crippen LogP contribution < -0.4 is 11.5 Å². The van der Waals surface area contributed by atoms with Crippen LogP contribution in [0.3, 0.4) is 0 Å². The summed E-state index contributed by atoms with van der Waals surface area (Å²) in [5, 5.41) is 0. The average molecular weight is 198 g/mol. The standard InChI is InChI=1S/C7H10N4OS/c1-2-3-11-5(8)4(6(9)12)10-7(11)13/h2H,1,3,8H2,(H2,9,12)(H,10,13). The lowest BCUT2D eigenvalue weighted by molar-refractivity contribution is 0.0997. The van der Waals surface area contributed by atoms with E-state index in [0.717, 1.165) is 0 Å². The molecule has 0 aliphatic carbocycles. The molecule has 0 unspecified atom stereocenters. The Morgan fingerprint density at radius 3 is 2.77 bits per heavy atom. The van der Waals surface area contributed by atoms with E-state index in [0.29, 0.717) is 11.3 Å². The van der Waals surface area contributed by atoms with Gasteiger partial charge in [-0.25, -0.2) is 0 Å². The number of aromatic nitrogens is 2.